The molecule has 2 atom stereocenters. The fourth-order valence-electron chi connectivity index (χ4n) is 1.25. The van der Waals surface area contributed by atoms with Gasteiger partial charge in [-0.15, -0.1) is 0 Å². The Labute approximate surface area is 57.0 Å². The van der Waals surface area contributed by atoms with Crippen LogP contribution in [-0.4, -0.2) is 26.2 Å². The topological polar surface area (TPSA) is 26.1 Å². The Bertz CT molecular complexity index is 77.0. The van der Waals surface area contributed by atoms with Crippen molar-refractivity contribution >= 4 is 0 Å². The number of hydrogen-bond donors (Lipinski definition) is 1. The maximum Gasteiger partial charge on any atom is 0.0176 e. The number of nitrogens with zero attached hydrogens (tertiary/aromatic N) is 1. The molecule has 9 heavy (non-hydrogen) atoms. The van der Waals surface area contributed by atoms with Gasteiger partial charge in [-0.1, -0.05) is 0 Å². The fraction of sp³-hybridized carbons (Fsp3) is 1.00. The molecule has 0 aromatic carbocycles. The van der Waals surface area contributed by atoms with E-state index in [1.807, 2.05) is 7.05 Å². The van der Waals surface area contributed by atoms with Gasteiger partial charge in [0.25, 0.3) is 0 Å². The molecule has 0 aromatic heterocycles. The lowest BCUT2D eigenvalue weighted by Crippen LogP contribution is -2.30. The molecular weight excluding hydrogens is 112 g/mol. The standard InChI is InChI=1S/C7H15N2/c1-6(8-2)7-3-4-9-5-7/h6-8H,3-5H2,1-2H3. The highest BCUT2D eigenvalue weighted by atomic mass is 14.9. The van der Waals surface area contributed by atoms with Crippen molar-refractivity contribution in [2.75, 3.05) is 20.1 Å². The minimum atomic E-state index is 0.649. The van der Waals surface area contributed by atoms with Crippen LogP contribution in [-0.2, 0) is 0 Å². The summed E-state index contributed by atoms with van der Waals surface area (Å²) in [6, 6.07) is 0.649. The van der Waals surface area contributed by atoms with Crippen molar-refractivity contribution in [3.8, 4) is 0 Å². The van der Waals surface area contributed by atoms with E-state index in [-0.39, 0.29) is 0 Å². The summed E-state index contributed by atoms with van der Waals surface area (Å²) in [4.78, 5) is 0. The van der Waals surface area contributed by atoms with Crippen molar-refractivity contribution in [2.24, 2.45) is 5.92 Å². The van der Waals surface area contributed by atoms with Gasteiger partial charge in [0.05, 0.1) is 0 Å². The van der Waals surface area contributed by atoms with Gasteiger partial charge in [-0.25, -0.2) is 5.32 Å². The maximum absolute atomic E-state index is 4.29. The highest BCUT2D eigenvalue weighted by Gasteiger charge is 2.19. The van der Waals surface area contributed by atoms with Crippen LogP contribution in [0.15, 0.2) is 0 Å². The van der Waals surface area contributed by atoms with E-state index in [2.05, 4.69) is 17.6 Å². The summed E-state index contributed by atoms with van der Waals surface area (Å²) < 4.78 is 0. The van der Waals surface area contributed by atoms with Gasteiger partial charge >= 0.3 is 0 Å². The second-order valence-electron chi connectivity index (χ2n) is 2.76. The largest absolute Gasteiger partial charge is 0.317 e. The van der Waals surface area contributed by atoms with E-state index in [4.69, 9.17) is 0 Å². The summed E-state index contributed by atoms with van der Waals surface area (Å²) in [6.45, 7) is 4.38. The lowest BCUT2D eigenvalue weighted by Gasteiger charge is -2.15. The normalized spacial score (nSPS) is 30.7. The smallest absolute Gasteiger partial charge is 0.0176 e. The van der Waals surface area contributed by atoms with Crippen LogP contribution >= 0.6 is 0 Å². The summed E-state index contributed by atoms with van der Waals surface area (Å²) in [5.74, 6) is 0.801. The highest BCUT2D eigenvalue weighted by Crippen LogP contribution is 2.12. The predicted octanol–water partition coefficient (Wildman–Crippen LogP) is 0.219. The van der Waals surface area contributed by atoms with Crippen LogP contribution in [0, 0.1) is 5.92 Å². The molecule has 1 N–H and O–H groups in total. The molecule has 0 amide bonds. The van der Waals surface area contributed by atoms with E-state index < -0.39 is 0 Å². The van der Waals surface area contributed by atoms with Gasteiger partial charge in [0, 0.05) is 19.1 Å². The van der Waals surface area contributed by atoms with E-state index in [0.717, 1.165) is 19.0 Å². The second-order valence-corrected chi connectivity index (χ2v) is 2.76. The Morgan fingerprint density at radius 2 is 2.44 bits per heavy atom. The van der Waals surface area contributed by atoms with Crippen LogP contribution in [0.1, 0.15) is 13.3 Å². The Morgan fingerprint density at radius 3 is 2.89 bits per heavy atom. The van der Waals surface area contributed by atoms with Crippen LogP contribution in [0.4, 0.5) is 0 Å². The van der Waals surface area contributed by atoms with Crippen LogP contribution in [0.3, 0.4) is 0 Å². The zero-order valence-electron chi connectivity index (χ0n) is 6.22. The Hall–Kier alpha value is -0.0800. The van der Waals surface area contributed by atoms with Gasteiger partial charge < -0.3 is 5.32 Å². The van der Waals surface area contributed by atoms with Gasteiger partial charge in [-0.2, -0.15) is 0 Å². The molecule has 0 aromatic rings. The molecule has 2 heteroatoms. The average Bonchev–Trinajstić information content (AvgIpc) is 2.37. The van der Waals surface area contributed by atoms with Crippen LogP contribution in [0.5, 0.6) is 0 Å². The van der Waals surface area contributed by atoms with E-state index in [1.54, 1.807) is 0 Å². The molecule has 2 unspecified atom stereocenters. The fourth-order valence-corrected chi connectivity index (χ4v) is 1.25. The number of nitrogens with one attached hydrogen (secondary N) is 1. The molecule has 0 bridgehead atoms. The monoisotopic (exact) mass is 127 g/mol. The molecule has 1 fully saturated rings. The molecule has 1 rings (SSSR count). The third-order valence-electron chi connectivity index (χ3n) is 2.18. The zero-order chi connectivity index (χ0) is 6.69. The molecule has 1 saturated heterocycles. The van der Waals surface area contributed by atoms with Gasteiger partial charge in [-0.05, 0) is 26.3 Å². The van der Waals surface area contributed by atoms with E-state index in [9.17, 15) is 0 Å². The molecule has 53 valence electrons. The summed E-state index contributed by atoms with van der Waals surface area (Å²) in [6.07, 6.45) is 1.28. The molecule has 0 spiro atoms. The molecule has 1 heterocycles. The van der Waals surface area contributed by atoms with Gasteiger partial charge in [0.1, 0.15) is 0 Å². The van der Waals surface area contributed by atoms with E-state index in [0.29, 0.717) is 6.04 Å². The van der Waals surface area contributed by atoms with Crippen molar-refractivity contribution in [1.82, 2.24) is 10.6 Å². The molecular formula is C7H15N2. The lowest BCUT2D eigenvalue weighted by molar-refractivity contribution is 0.425. The van der Waals surface area contributed by atoms with E-state index in [1.165, 1.54) is 6.42 Å². The SMILES string of the molecule is CNC(C)C1CC[N]C1. The number of hydrogen-bond acceptors (Lipinski definition) is 1. The second kappa shape index (κ2) is 3.18. The average molecular weight is 127 g/mol. The third-order valence-corrected chi connectivity index (χ3v) is 2.18. The van der Waals surface area contributed by atoms with Crippen molar-refractivity contribution < 1.29 is 0 Å². The first-order valence-corrected chi connectivity index (χ1v) is 3.65. The minimum absolute atomic E-state index is 0.649. The number of rotatable bonds is 2. The Kier molecular flexibility index (Phi) is 2.49. The van der Waals surface area contributed by atoms with E-state index >= 15 is 0 Å². The highest BCUT2D eigenvalue weighted by molar-refractivity contribution is 4.78. The van der Waals surface area contributed by atoms with Gasteiger partial charge in [0.15, 0.2) is 0 Å². The van der Waals surface area contributed by atoms with Crippen LogP contribution in [0.25, 0.3) is 0 Å². The predicted molar refractivity (Wildman–Crippen MR) is 38.5 cm³/mol. The third kappa shape index (κ3) is 1.66. The zero-order valence-corrected chi connectivity index (χ0v) is 6.22. The first-order chi connectivity index (χ1) is 4.34. The molecule has 1 radical (unpaired) electrons. The molecule has 2 nitrogen and oxygen atoms in total. The Balaban J connectivity index is 2.24. The summed E-state index contributed by atoms with van der Waals surface area (Å²) in [5.41, 5.74) is 0. The first-order valence-electron chi connectivity index (χ1n) is 3.65. The molecule has 0 saturated carbocycles. The summed E-state index contributed by atoms with van der Waals surface area (Å²) in [5, 5.41) is 7.54. The minimum Gasteiger partial charge on any atom is -0.317 e. The van der Waals surface area contributed by atoms with Crippen LogP contribution in [0.2, 0.25) is 0 Å². The molecule has 1 aliphatic rings. The molecule has 0 aliphatic carbocycles. The maximum atomic E-state index is 4.29. The summed E-state index contributed by atoms with van der Waals surface area (Å²) >= 11 is 0. The van der Waals surface area contributed by atoms with Crippen molar-refractivity contribution in [1.29, 1.82) is 0 Å². The van der Waals surface area contributed by atoms with Crippen molar-refractivity contribution in [3.63, 3.8) is 0 Å². The van der Waals surface area contributed by atoms with Crippen molar-refractivity contribution in [2.45, 2.75) is 19.4 Å². The molecule has 1 aliphatic heterocycles. The lowest BCUT2D eigenvalue weighted by atomic mass is 10.0. The quantitative estimate of drug-likeness (QED) is 0.564. The van der Waals surface area contributed by atoms with Crippen LogP contribution < -0.4 is 10.6 Å². The summed E-state index contributed by atoms with van der Waals surface area (Å²) in [7, 11) is 2.02. The van der Waals surface area contributed by atoms with Crippen molar-refractivity contribution in [3.05, 3.63) is 0 Å². The Morgan fingerprint density at radius 1 is 1.67 bits per heavy atom. The van der Waals surface area contributed by atoms with Gasteiger partial charge in [-0.3, -0.25) is 0 Å². The first kappa shape index (κ1) is 7.03. The van der Waals surface area contributed by atoms with Gasteiger partial charge in [0.2, 0.25) is 0 Å².